The minimum Gasteiger partial charge on any atom is -0.301 e. The molecule has 0 saturated carbocycles. The van der Waals surface area contributed by atoms with Crippen LogP contribution in [0.1, 0.15) is 24.1 Å². The number of benzene rings is 1. The third-order valence-electron chi connectivity index (χ3n) is 4.02. The number of anilines is 1. The minimum atomic E-state index is -4.52. The first-order chi connectivity index (χ1) is 12.0. The average Bonchev–Trinajstić information content (AvgIpc) is 2.53. The van der Waals surface area contributed by atoms with Gasteiger partial charge in [0, 0.05) is 10.7 Å². The summed E-state index contributed by atoms with van der Waals surface area (Å²) in [4.78, 5) is 17.5. The van der Waals surface area contributed by atoms with E-state index in [4.69, 9.17) is 0 Å². The first kappa shape index (κ1) is 18.8. The summed E-state index contributed by atoms with van der Waals surface area (Å²) in [5.41, 5.74) is -0.564. The van der Waals surface area contributed by atoms with E-state index < -0.39 is 39.3 Å². The van der Waals surface area contributed by atoms with Gasteiger partial charge in [0.25, 0.3) is 0 Å². The van der Waals surface area contributed by atoms with E-state index in [0.29, 0.717) is 4.47 Å². The molecule has 1 unspecified atom stereocenters. The molecule has 1 amide bonds. The van der Waals surface area contributed by atoms with Crippen molar-refractivity contribution in [1.82, 2.24) is 4.98 Å². The highest BCUT2D eigenvalue weighted by Crippen LogP contribution is 2.38. The highest BCUT2D eigenvalue weighted by molar-refractivity contribution is 9.10. The molecule has 1 aromatic carbocycles. The molecule has 1 aliphatic heterocycles. The van der Waals surface area contributed by atoms with Gasteiger partial charge in [-0.3, -0.25) is 4.79 Å². The molecule has 0 radical (unpaired) electrons. The molecule has 1 atom stereocenters. The lowest BCUT2D eigenvalue weighted by Crippen LogP contribution is -2.42. The fourth-order valence-corrected chi connectivity index (χ4v) is 4.42. The number of carbonyl (C=O) groups excluding carboxylic acids is 1. The molecular formula is C16H12BrF3N2O3S. The Kier molecular flexibility index (Phi) is 4.60. The van der Waals surface area contributed by atoms with E-state index in [1.165, 1.54) is 36.2 Å². The van der Waals surface area contributed by atoms with E-state index in [1.807, 2.05) is 0 Å². The van der Waals surface area contributed by atoms with Crippen LogP contribution in [0.4, 0.5) is 18.9 Å². The summed E-state index contributed by atoms with van der Waals surface area (Å²) in [7, 11) is -3.89. The van der Waals surface area contributed by atoms with E-state index >= 15 is 0 Å². The number of aromatic nitrogens is 1. The van der Waals surface area contributed by atoms with Crippen molar-refractivity contribution < 1.29 is 26.4 Å². The fourth-order valence-electron chi connectivity index (χ4n) is 2.81. The molecule has 138 valence electrons. The molecule has 0 N–H and O–H groups in total. The number of sulfone groups is 1. The van der Waals surface area contributed by atoms with Gasteiger partial charge in [-0.25, -0.2) is 13.4 Å². The molecule has 0 aliphatic carbocycles. The van der Waals surface area contributed by atoms with Gasteiger partial charge in [-0.2, -0.15) is 13.2 Å². The van der Waals surface area contributed by atoms with Crippen molar-refractivity contribution in [3.8, 4) is 0 Å². The number of hydrogen-bond donors (Lipinski definition) is 0. The smallest absolute Gasteiger partial charge is 0.301 e. The van der Waals surface area contributed by atoms with Crippen LogP contribution in [0.2, 0.25) is 0 Å². The van der Waals surface area contributed by atoms with E-state index in [-0.39, 0.29) is 16.3 Å². The Morgan fingerprint density at radius 3 is 2.62 bits per heavy atom. The second-order valence-corrected chi connectivity index (χ2v) is 8.62. The highest BCUT2D eigenvalue weighted by atomic mass is 79.9. The standard InChI is InChI=1S/C16H12BrF3N2O3S/c1-9(10-3-2-4-11(5-10)16(18,19)20)22-13-6-12(17)7-21-15(13)26(24,25)8-14(22)23/h2-7,9H,8H2,1H3. The first-order valence-electron chi connectivity index (χ1n) is 7.38. The van der Waals surface area contributed by atoms with Crippen molar-refractivity contribution >= 4 is 37.4 Å². The number of hydrogen-bond acceptors (Lipinski definition) is 4. The zero-order chi connectivity index (χ0) is 19.3. The summed E-state index contributed by atoms with van der Waals surface area (Å²) in [5.74, 6) is -1.50. The van der Waals surface area contributed by atoms with Crippen molar-refractivity contribution in [2.24, 2.45) is 0 Å². The molecule has 1 aliphatic rings. The molecule has 2 heterocycles. The third-order valence-corrected chi connectivity index (χ3v) is 5.98. The number of rotatable bonds is 2. The lowest BCUT2D eigenvalue weighted by atomic mass is 10.0. The lowest BCUT2D eigenvalue weighted by Gasteiger charge is -2.34. The normalized spacial score (nSPS) is 17.7. The summed E-state index contributed by atoms with van der Waals surface area (Å²) < 4.78 is 63.8. The minimum absolute atomic E-state index is 0.0422. The van der Waals surface area contributed by atoms with Gasteiger partial charge >= 0.3 is 6.18 Å². The largest absolute Gasteiger partial charge is 0.416 e. The van der Waals surface area contributed by atoms with Crippen molar-refractivity contribution in [3.05, 3.63) is 52.1 Å². The zero-order valence-corrected chi connectivity index (χ0v) is 15.7. The third kappa shape index (κ3) is 3.35. The van der Waals surface area contributed by atoms with Gasteiger partial charge < -0.3 is 4.90 Å². The number of fused-ring (bicyclic) bond motifs is 1. The van der Waals surface area contributed by atoms with Crippen LogP contribution < -0.4 is 4.90 Å². The summed E-state index contributed by atoms with van der Waals surface area (Å²) in [6.45, 7) is 1.54. The number of alkyl halides is 3. The number of carbonyl (C=O) groups is 1. The average molecular weight is 449 g/mol. The zero-order valence-electron chi connectivity index (χ0n) is 13.3. The molecule has 10 heteroatoms. The molecule has 2 aromatic rings. The molecule has 0 spiro atoms. The number of pyridine rings is 1. The Bertz CT molecular complexity index is 992. The quantitative estimate of drug-likeness (QED) is 0.701. The van der Waals surface area contributed by atoms with Gasteiger partial charge in [-0.05, 0) is 46.6 Å². The Morgan fingerprint density at radius 2 is 1.96 bits per heavy atom. The molecule has 1 aromatic heterocycles. The fraction of sp³-hybridized carbons (Fsp3) is 0.250. The molecule has 5 nitrogen and oxygen atoms in total. The summed E-state index contributed by atoms with van der Waals surface area (Å²) in [5, 5.41) is -0.265. The van der Waals surface area contributed by atoms with E-state index in [0.717, 1.165) is 12.1 Å². The van der Waals surface area contributed by atoms with Crippen LogP contribution >= 0.6 is 15.9 Å². The van der Waals surface area contributed by atoms with Gasteiger partial charge in [-0.15, -0.1) is 0 Å². The Balaban J connectivity index is 2.12. The van der Waals surface area contributed by atoms with Crippen LogP contribution in [0, 0.1) is 0 Å². The van der Waals surface area contributed by atoms with E-state index in [2.05, 4.69) is 20.9 Å². The second kappa shape index (κ2) is 6.34. The Hall–Kier alpha value is -1.94. The van der Waals surface area contributed by atoms with Crippen LogP contribution in [0.5, 0.6) is 0 Å². The van der Waals surface area contributed by atoms with Gasteiger partial charge in [-0.1, -0.05) is 12.1 Å². The van der Waals surface area contributed by atoms with Gasteiger partial charge in [0.1, 0.15) is 5.75 Å². The van der Waals surface area contributed by atoms with Crippen LogP contribution in [-0.2, 0) is 20.8 Å². The predicted octanol–water partition coefficient (Wildman–Crippen LogP) is 3.74. The first-order valence-corrected chi connectivity index (χ1v) is 9.83. The second-order valence-electron chi connectivity index (χ2n) is 5.80. The van der Waals surface area contributed by atoms with Crippen molar-refractivity contribution in [3.63, 3.8) is 0 Å². The van der Waals surface area contributed by atoms with Gasteiger partial charge in [0.15, 0.2) is 5.03 Å². The van der Waals surface area contributed by atoms with E-state index in [1.54, 1.807) is 0 Å². The van der Waals surface area contributed by atoms with E-state index in [9.17, 15) is 26.4 Å². The molecular weight excluding hydrogens is 437 g/mol. The van der Waals surface area contributed by atoms with Gasteiger partial charge in [0.05, 0.1) is 17.3 Å². The van der Waals surface area contributed by atoms with Crippen LogP contribution in [0.3, 0.4) is 0 Å². The van der Waals surface area contributed by atoms with Crippen molar-refractivity contribution in [1.29, 1.82) is 0 Å². The maximum atomic E-state index is 13.0. The number of amides is 1. The SMILES string of the molecule is CC(c1cccc(C(F)(F)F)c1)N1C(=O)CS(=O)(=O)c2ncc(Br)cc21. The maximum absolute atomic E-state index is 13.0. The van der Waals surface area contributed by atoms with Crippen molar-refractivity contribution in [2.75, 3.05) is 10.7 Å². The van der Waals surface area contributed by atoms with Gasteiger partial charge in [0.2, 0.25) is 15.7 Å². The molecule has 3 rings (SSSR count). The molecule has 0 saturated heterocycles. The molecule has 26 heavy (non-hydrogen) atoms. The van der Waals surface area contributed by atoms with Crippen LogP contribution in [0.15, 0.2) is 46.0 Å². The van der Waals surface area contributed by atoms with Crippen molar-refractivity contribution in [2.45, 2.75) is 24.2 Å². The Labute approximate surface area is 155 Å². The summed E-state index contributed by atoms with van der Waals surface area (Å²) >= 11 is 3.17. The summed E-state index contributed by atoms with van der Waals surface area (Å²) in [6.07, 6.45) is -3.23. The topological polar surface area (TPSA) is 67.3 Å². The Morgan fingerprint density at radius 1 is 1.27 bits per heavy atom. The van der Waals surface area contributed by atoms with Crippen LogP contribution in [-0.4, -0.2) is 25.1 Å². The predicted molar refractivity (Wildman–Crippen MR) is 91.3 cm³/mol. The monoisotopic (exact) mass is 448 g/mol. The van der Waals surface area contributed by atoms with Crippen LogP contribution in [0.25, 0.3) is 0 Å². The number of nitrogens with zero attached hydrogens (tertiary/aromatic N) is 2. The maximum Gasteiger partial charge on any atom is 0.416 e. The number of halogens is 4. The molecule has 0 bridgehead atoms. The molecule has 0 fully saturated rings. The highest BCUT2D eigenvalue weighted by Gasteiger charge is 2.39. The summed E-state index contributed by atoms with van der Waals surface area (Å²) in [6, 6.07) is 5.20. The lowest BCUT2D eigenvalue weighted by molar-refractivity contribution is -0.137.